The average molecular weight is 377 g/mol. The van der Waals surface area contributed by atoms with Gasteiger partial charge < -0.3 is 10.1 Å². The number of ether oxygens (including phenoxy) is 1. The van der Waals surface area contributed by atoms with Crippen LogP contribution in [-0.4, -0.2) is 47.0 Å². The standard InChI is InChI=1S/C17H16FN3O4S/c1-9-13(26-14(20-9)11-3-5-12(18)6-4-11)16(23)25-10(2)15(22)21-8-7-19-17(21)24/h3-6,10H,7-8H2,1-2H3,(H,19,24)/t10-/m1/s1. The Hall–Kier alpha value is -2.81. The van der Waals surface area contributed by atoms with Crippen LogP contribution in [0.5, 0.6) is 0 Å². The van der Waals surface area contributed by atoms with E-state index in [9.17, 15) is 18.8 Å². The quantitative estimate of drug-likeness (QED) is 0.827. The van der Waals surface area contributed by atoms with Gasteiger partial charge >= 0.3 is 12.0 Å². The number of aryl methyl sites for hydroxylation is 1. The summed E-state index contributed by atoms with van der Waals surface area (Å²) in [5.74, 6) is -1.62. The minimum atomic E-state index is -1.10. The van der Waals surface area contributed by atoms with Gasteiger partial charge in [0, 0.05) is 18.7 Å². The van der Waals surface area contributed by atoms with Crippen molar-refractivity contribution in [3.05, 3.63) is 40.7 Å². The monoisotopic (exact) mass is 377 g/mol. The number of carbonyl (C=O) groups is 3. The second-order valence-electron chi connectivity index (χ2n) is 5.71. The molecule has 0 aliphatic carbocycles. The number of hydrogen-bond donors (Lipinski definition) is 1. The summed E-state index contributed by atoms with van der Waals surface area (Å²) in [5, 5.41) is 3.06. The number of thiazole rings is 1. The molecule has 1 aliphatic rings. The molecule has 2 heterocycles. The maximum Gasteiger partial charge on any atom is 0.351 e. The summed E-state index contributed by atoms with van der Waals surface area (Å²) >= 11 is 1.10. The van der Waals surface area contributed by atoms with Gasteiger partial charge in [0.25, 0.3) is 5.91 Å². The predicted molar refractivity (Wildman–Crippen MR) is 92.2 cm³/mol. The molecule has 0 saturated carbocycles. The van der Waals surface area contributed by atoms with E-state index in [1.54, 1.807) is 19.1 Å². The van der Waals surface area contributed by atoms with Crippen molar-refractivity contribution in [2.45, 2.75) is 20.0 Å². The number of urea groups is 1. The third-order valence-electron chi connectivity index (χ3n) is 3.83. The molecule has 0 unspecified atom stereocenters. The lowest BCUT2D eigenvalue weighted by atomic mass is 10.2. The largest absolute Gasteiger partial charge is 0.448 e. The van der Waals surface area contributed by atoms with Gasteiger partial charge in [0.2, 0.25) is 0 Å². The van der Waals surface area contributed by atoms with Crippen molar-refractivity contribution in [3.63, 3.8) is 0 Å². The molecular formula is C17H16FN3O4S. The fourth-order valence-corrected chi connectivity index (χ4v) is 3.42. The Morgan fingerprint density at radius 1 is 1.35 bits per heavy atom. The lowest BCUT2D eigenvalue weighted by molar-refractivity contribution is -0.136. The molecule has 1 saturated heterocycles. The Morgan fingerprint density at radius 3 is 2.65 bits per heavy atom. The Kier molecular flexibility index (Phi) is 4.99. The van der Waals surface area contributed by atoms with Crippen LogP contribution < -0.4 is 5.32 Å². The topological polar surface area (TPSA) is 88.6 Å². The zero-order valence-electron chi connectivity index (χ0n) is 14.1. The molecule has 1 aliphatic heterocycles. The minimum Gasteiger partial charge on any atom is -0.448 e. The number of carbonyl (C=O) groups excluding carboxylic acids is 3. The Labute approximate surface area is 152 Å². The van der Waals surface area contributed by atoms with Gasteiger partial charge in [-0.2, -0.15) is 0 Å². The van der Waals surface area contributed by atoms with E-state index in [1.807, 2.05) is 0 Å². The summed E-state index contributed by atoms with van der Waals surface area (Å²) in [6.45, 7) is 3.69. The highest BCUT2D eigenvalue weighted by Gasteiger charge is 2.32. The molecule has 0 spiro atoms. The number of esters is 1. The minimum absolute atomic E-state index is 0.244. The van der Waals surface area contributed by atoms with E-state index in [1.165, 1.54) is 19.1 Å². The van der Waals surface area contributed by atoms with Crippen LogP contribution in [0.3, 0.4) is 0 Å². The summed E-state index contributed by atoms with van der Waals surface area (Å²) < 4.78 is 18.2. The molecule has 3 amide bonds. The number of benzene rings is 1. The third kappa shape index (κ3) is 3.57. The zero-order valence-corrected chi connectivity index (χ0v) is 14.9. The van der Waals surface area contributed by atoms with Gasteiger partial charge in [-0.15, -0.1) is 11.3 Å². The van der Waals surface area contributed by atoms with E-state index in [4.69, 9.17) is 4.74 Å². The summed E-state index contributed by atoms with van der Waals surface area (Å²) in [4.78, 5) is 41.7. The number of aromatic nitrogens is 1. The van der Waals surface area contributed by atoms with E-state index >= 15 is 0 Å². The number of nitrogens with one attached hydrogen (secondary N) is 1. The average Bonchev–Trinajstić information content (AvgIpc) is 3.20. The molecule has 1 atom stereocenters. The van der Waals surface area contributed by atoms with Crippen molar-refractivity contribution >= 4 is 29.2 Å². The van der Waals surface area contributed by atoms with Crippen molar-refractivity contribution < 1.29 is 23.5 Å². The second-order valence-corrected chi connectivity index (χ2v) is 6.71. The fourth-order valence-electron chi connectivity index (χ4n) is 2.47. The first-order valence-electron chi connectivity index (χ1n) is 7.90. The van der Waals surface area contributed by atoms with Crippen molar-refractivity contribution in [3.8, 4) is 10.6 Å². The molecule has 1 aromatic carbocycles. The van der Waals surface area contributed by atoms with Crippen LogP contribution in [0.15, 0.2) is 24.3 Å². The first kappa shape index (κ1) is 18.0. The molecule has 3 rings (SSSR count). The van der Waals surface area contributed by atoms with E-state index in [0.717, 1.165) is 16.2 Å². The van der Waals surface area contributed by atoms with Crippen LogP contribution in [-0.2, 0) is 9.53 Å². The zero-order chi connectivity index (χ0) is 18.8. The maximum absolute atomic E-state index is 13.0. The molecule has 1 fully saturated rings. The SMILES string of the molecule is Cc1nc(-c2ccc(F)cc2)sc1C(=O)O[C@H](C)C(=O)N1CCNC1=O. The van der Waals surface area contributed by atoms with Gasteiger partial charge in [-0.05, 0) is 38.1 Å². The molecule has 136 valence electrons. The lowest BCUT2D eigenvalue weighted by Crippen LogP contribution is -2.41. The molecule has 0 bridgehead atoms. The van der Waals surface area contributed by atoms with Crippen LogP contribution in [0, 0.1) is 12.7 Å². The molecular weight excluding hydrogens is 361 g/mol. The molecule has 2 aromatic rings. The third-order valence-corrected chi connectivity index (χ3v) is 5.01. The smallest absolute Gasteiger partial charge is 0.351 e. The molecule has 1 aromatic heterocycles. The highest BCUT2D eigenvalue weighted by molar-refractivity contribution is 7.17. The first-order valence-corrected chi connectivity index (χ1v) is 8.72. The number of nitrogens with zero attached hydrogens (tertiary/aromatic N) is 2. The van der Waals surface area contributed by atoms with E-state index in [0.29, 0.717) is 22.8 Å². The van der Waals surface area contributed by atoms with Crippen molar-refractivity contribution in [1.82, 2.24) is 15.2 Å². The second kappa shape index (κ2) is 7.20. The van der Waals surface area contributed by atoms with Crippen molar-refractivity contribution in [2.75, 3.05) is 13.1 Å². The Balaban J connectivity index is 1.72. The van der Waals surface area contributed by atoms with Gasteiger partial charge in [0.05, 0.1) is 5.69 Å². The molecule has 9 heteroatoms. The molecule has 7 nitrogen and oxygen atoms in total. The van der Waals surface area contributed by atoms with E-state index in [2.05, 4.69) is 10.3 Å². The number of hydrogen-bond acceptors (Lipinski definition) is 6. The van der Waals surface area contributed by atoms with E-state index < -0.39 is 24.0 Å². The first-order chi connectivity index (χ1) is 12.4. The van der Waals surface area contributed by atoms with Crippen LogP contribution in [0.1, 0.15) is 22.3 Å². The predicted octanol–water partition coefficient (Wildman–Crippen LogP) is 2.35. The van der Waals surface area contributed by atoms with Gasteiger partial charge in [-0.3, -0.25) is 9.69 Å². The molecule has 26 heavy (non-hydrogen) atoms. The maximum atomic E-state index is 13.0. The fraction of sp³-hybridized carbons (Fsp3) is 0.294. The summed E-state index contributed by atoms with van der Waals surface area (Å²) in [7, 11) is 0. The lowest BCUT2D eigenvalue weighted by Gasteiger charge is -2.17. The van der Waals surface area contributed by atoms with Gasteiger partial charge in [0.1, 0.15) is 15.7 Å². The summed E-state index contributed by atoms with van der Waals surface area (Å²) in [5.41, 5.74) is 1.13. The summed E-state index contributed by atoms with van der Waals surface area (Å²) in [6, 6.07) is 5.27. The van der Waals surface area contributed by atoms with Crippen molar-refractivity contribution in [1.29, 1.82) is 0 Å². The van der Waals surface area contributed by atoms with Crippen LogP contribution in [0.25, 0.3) is 10.6 Å². The number of amides is 3. The highest BCUT2D eigenvalue weighted by atomic mass is 32.1. The van der Waals surface area contributed by atoms with Gasteiger partial charge in [0.15, 0.2) is 6.10 Å². The number of imide groups is 1. The van der Waals surface area contributed by atoms with Crippen LogP contribution >= 0.6 is 11.3 Å². The number of halogens is 1. The van der Waals surface area contributed by atoms with Crippen LogP contribution in [0.2, 0.25) is 0 Å². The Bertz CT molecular complexity index is 865. The van der Waals surface area contributed by atoms with Gasteiger partial charge in [-0.25, -0.2) is 19.0 Å². The summed E-state index contributed by atoms with van der Waals surface area (Å²) in [6.07, 6.45) is -1.10. The van der Waals surface area contributed by atoms with Crippen LogP contribution in [0.4, 0.5) is 9.18 Å². The Morgan fingerprint density at radius 2 is 2.04 bits per heavy atom. The van der Waals surface area contributed by atoms with Crippen molar-refractivity contribution in [2.24, 2.45) is 0 Å². The normalized spacial score (nSPS) is 14.9. The molecule has 1 N–H and O–H groups in total. The number of rotatable bonds is 4. The molecule has 0 radical (unpaired) electrons. The van der Waals surface area contributed by atoms with Gasteiger partial charge in [-0.1, -0.05) is 0 Å². The highest BCUT2D eigenvalue weighted by Crippen LogP contribution is 2.28. The van der Waals surface area contributed by atoms with E-state index in [-0.39, 0.29) is 17.2 Å².